The second-order valence-electron chi connectivity index (χ2n) is 8.53. The summed E-state index contributed by atoms with van der Waals surface area (Å²) in [5.41, 5.74) is 4.41. The highest BCUT2D eigenvalue weighted by Crippen LogP contribution is 2.32. The number of fused-ring (bicyclic) bond motifs is 1. The highest BCUT2D eigenvalue weighted by atomic mass is 32.2. The van der Waals surface area contributed by atoms with Gasteiger partial charge in [0.1, 0.15) is 17.8 Å². The standard InChI is InChI=1S/C23H23N5O2S.C8H9NO/c1-24-15-7-6-8-19(13-15)31-28-23-22(26-20-9-4-5-10-21(20)27-23)25-16-11-17(29-2)14-18(12-16)30-3;10-7-6-9-8-4-2-1-3-5-8/h4-14,24H,1-3H3,(H,25,26)(H,27,28);1-5,7,9H,6H2. The fraction of sp³-hybridized carbons (Fsp3) is 0.129. The van der Waals surface area contributed by atoms with E-state index in [-0.39, 0.29) is 0 Å². The van der Waals surface area contributed by atoms with Crippen LogP contribution >= 0.6 is 11.9 Å². The molecule has 0 saturated heterocycles. The number of carbonyl (C=O) groups excluding carboxylic acids is 1. The fourth-order valence-corrected chi connectivity index (χ4v) is 4.40. The van der Waals surface area contributed by atoms with Crippen molar-refractivity contribution in [2.24, 2.45) is 0 Å². The molecule has 0 aliphatic rings. The van der Waals surface area contributed by atoms with E-state index in [1.165, 1.54) is 11.9 Å². The molecule has 4 N–H and O–H groups in total. The molecule has 9 nitrogen and oxygen atoms in total. The average molecular weight is 569 g/mol. The largest absolute Gasteiger partial charge is 0.497 e. The average Bonchev–Trinajstić information content (AvgIpc) is 3.03. The number of aromatic nitrogens is 2. The molecule has 0 aliphatic heterocycles. The number of para-hydroxylation sites is 3. The number of rotatable bonds is 11. The van der Waals surface area contributed by atoms with Gasteiger partial charge in [-0.2, -0.15) is 0 Å². The Hall–Kier alpha value is -4.96. The summed E-state index contributed by atoms with van der Waals surface area (Å²) in [7, 11) is 5.14. The van der Waals surface area contributed by atoms with E-state index in [1.54, 1.807) is 14.2 Å². The molecule has 41 heavy (non-hydrogen) atoms. The molecule has 0 bridgehead atoms. The second kappa shape index (κ2) is 15.0. The van der Waals surface area contributed by atoms with Gasteiger partial charge in [0.2, 0.25) is 0 Å². The molecule has 1 aromatic heterocycles. The molecule has 0 spiro atoms. The van der Waals surface area contributed by atoms with Gasteiger partial charge in [0.05, 0.1) is 31.8 Å². The summed E-state index contributed by atoms with van der Waals surface area (Å²) in [6.07, 6.45) is 0.840. The lowest BCUT2D eigenvalue weighted by Gasteiger charge is -2.14. The molecule has 210 valence electrons. The van der Waals surface area contributed by atoms with Gasteiger partial charge in [-0.05, 0) is 54.4 Å². The van der Waals surface area contributed by atoms with Crippen molar-refractivity contribution in [1.29, 1.82) is 0 Å². The molecule has 0 amide bonds. The Labute approximate surface area is 243 Å². The monoisotopic (exact) mass is 568 g/mol. The number of nitrogens with one attached hydrogen (secondary N) is 4. The van der Waals surface area contributed by atoms with E-state index >= 15 is 0 Å². The molecule has 10 heteroatoms. The van der Waals surface area contributed by atoms with Gasteiger partial charge >= 0.3 is 0 Å². The number of anilines is 5. The van der Waals surface area contributed by atoms with Crippen molar-refractivity contribution in [2.75, 3.05) is 48.5 Å². The Bertz CT molecular complexity index is 1550. The van der Waals surface area contributed by atoms with Crippen molar-refractivity contribution >= 4 is 58.0 Å². The number of methoxy groups -OCH3 is 2. The minimum absolute atomic E-state index is 0.379. The summed E-state index contributed by atoms with van der Waals surface area (Å²) in [6.45, 7) is 0.379. The van der Waals surface area contributed by atoms with Crippen LogP contribution < -0.4 is 30.1 Å². The predicted octanol–water partition coefficient (Wildman–Crippen LogP) is 6.85. The normalized spacial score (nSPS) is 10.1. The van der Waals surface area contributed by atoms with Crippen molar-refractivity contribution in [2.45, 2.75) is 4.90 Å². The zero-order chi connectivity index (χ0) is 28.9. The van der Waals surface area contributed by atoms with Gasteiger partial charge in [-0.1, -0.05) is 36.4 Å². The number of ether oxygens (including phenoxy) is 2. The first kappa shape index (κ1) is 29.0. The predicted molar refractivity (Wildman–Crippen MR) is 169 cm³/mol. The highest BCUT2D eigenvalue weighted by Gasteiger charge is 2.12. The Morgan fingerprint density at radius 2 is 1.37 bits per heavy atom. The molecule has 0 aliphatic carbocycles. The first-order chi connectivity index (χ1) is 20.1. The minimum Gasteiger partial charge on any atom is -0.497 e. The lowest BCUT2D eigenvalue weighted by Crippen LogP contribution is -2.03. The van der Waals surface area contributed by atoms with Crippen molar-refractivity contribution in [1.82, 2.24) is 9.97 Å². The molecule has 4 aromatic carbocycles. The van der Waals surface area contributed by atoms with Crippen LogP contribution in [0.4, 0.5) is 28.7 Å². The van der Waals surface area contributed by atoms with E-state index in [9.17, 15) is 4.79 Å². The first-order valence-corrected chi connectivity index (χ1v) is 13.6. The van der Waals surface area contributed by atoms with E-state index in [0.717, 1.165) is 39.3 Å². The van der Waals surface area contributed by atoms with Crippen LogP contribution in [0.5, 0.6) is 11.5 Å². The lowest BCUT2D eigenvalue weighted by molar-refractivity contribution is -0.106. The highest BCUT2D eigenvalue weighted by molar-refractivity contribution is 8.00. The van der Waals surface area contributed by atoms with Crippen LogP contribution in [0, 0.1) is 0 Å². The zero-order valence-electron chi connectivity index (χ0n) is 23.0. The molecular weight excluding hydrogens is 536 g/mol. The van der Waals surface area contributed by atoms with Gasteiger partial charge < -0.3 is 34.9 Å². The second-order valence-corrected chi connectivity index (χ2v) is 9.41. The van der Waals surface area contributed by atoms with Gasteiger partial charge in [0.15, 0.2) is 11.6 Å². The molecule has 0 radical (unpaired) electrons. The number of hydrogen-bond donors (Lipinski definition) is 4. The first-order valence-electron chi connectivity index (χ1n) is 12.8. The summed E-state index contributed by atoms with van der Waals surface area (Å²) in [6, 6.07) is 31.1. The third-order valence-corrected chi connectivity index (χ3v) is 6.52. The Kier molecular flexibility index (Phi) is 10.6. The molecule has 1 heterocycles. The minimum atomic E-state index is 0.379. The van der Waals surface area contributed by atoms with Gasteiger partial charge in [-0.3, -0.25) is 0 Å². The Morgan fingerprint density at radius 3 is 2.00 bits per heavy atom. The van der Waals surface area contributed by atoms with Crippen LogP contribution in [0.15, 0.2) is 102 Å². The number of aldehydes is 1. The molecule has 0 fully saturated rings. The SMILES string of the molecule is CNc1cccc(SNc2nc3ccccc3nc2Nc2cc(OC)cc(OC)c2)c1.O=CCNc1ccccc1. The number of benzene rings is 4. The van der Waals surface area contributed by atoms with Crippen LogP contribution in [0.2, 0.25) is 0 Å². The van der Waals surface area contributed by atoms with Crippen LogP contribution in [-0.2, 0) is 4.79 Å². The summed E-state index contributed by atoms with van der Waals surface area (Å²) in [5, 5.41) is 9.43. The van der Waals surface area contributed by atoms with Gasteiger partial charge in [-0.15, -0.1) is 0 Å². The van der Waals surface area contributed by atoms with E-state index in [0.29, 0.717) is 29.7 Å². The van der Waals surface area contributed by atoms with Crippen LogP contribution in [0.25, 0.3) is 11.0 Å². The summed E-state index contributed by atoms with van der Waals surface area (Å²) >= 11 is 1.47. The zero-order valence-corrected chi connectivity index (χ0v) is 23.9. The van der Waals surface area contributed by atoms with E-state index in [4.69, 9.17) is 19.4 Å². The maximum absolute atomic E-state index is 9.92. The van der Waals surface area contributed by atoms with E-state index in [1.807, 2.05) is 98.0 Å². The molecular formula is C31H32N6O3S. The molecule has 5 aromatic rings. The third kappa shape index (κ3) is 8.51. The van der Waals surface area contributed by atoms with E-state index < -0.39 is 0 Å². The van der Waals surface area contributed by atoms with Crippen LogP contribution in [0.3, 0.4) is 0 Å². The molecule has 5 rings (SSSR count). The molecule has 0 atom stereocenters. The number of hydrogen-bond acceptors (Lipinski definition) is 10. The lowest BCUT2D eigenvalue weighted by atomic mass is 10.2. The maximum Gasteiger partial charge on any atom is 0.180 e. The van der Waals surface area contributed by atoms with Gasteiger partial charge in [0.25, 0.3) is 0 Å². The van der Waals surface area contributed by atoms with Crippen LogP contribution in [0.1, 0.15) is 0 Å². The quantitative estimate of drug-likeness (QED) is 0.0998. The van der Waals surface area contributed by atoms with Crippen molar-refractivity contribution < 1.29 is 14.3 Å². The van der Waals surface area contributed by atoms with Gasteiger partial charge in [0, 0.05) is 47.2 Å². The molecule has 0 saturated carbocycles. The summed E-state index contributed by atoms with van der Waals surface area (Å²) in [4.78, 5) is 20.5. The molecule has 0 unspecified atom stereocenters. The van der Waals surface area contributed by atoms with Crippen molar-refractivity contribution in [3.8, 4) is 11.5 Å². The third-order valence-electron chi connectivity index (χ3n) is 5.74. The van der Waals surface area contributed by atoms with Crippen molar-refractivity contribution in [3.05, 3.63) is 97.1 Å². The van der Waals surface area contributed by atoms with Crippen molar-refractivity contribution in [3.63, 3.8) is 0 Å². The smallest absolute Gasteiger partial charge is 0.180 e. The van der Waals surface area contributed by atoms with Crippen LogP contribution in [-0.4, -0.2) is 44.1 Å². The Balaban J connectivity index is 0.000000328. The van der Waals surface area contributed by atoms with Gasteiger partial charge in [-0.25, -0.2) is 9.97 Å². The summed E-state index contributed by atoms with van der Waals surface area (Å²) in [5.74, 6) is 2.60. The van der Waals surface area contributed by atoms with E-state index in [2.05, 4.69) is 26.7 Å². The number of carbonyl (C=O) groups is 1. The summed E-state index contributed by atoms with van der Waals surface area (Å²) < 4.78 is 14.1. The topological polar surface area (TPSA) is 109 Å². The maximum atomic E-state index is 9.92. The number of nitrogens with zero attached hydrogens (tertiary/aromatic N) is 2. The fourth-order valence-electron chi connectivity index (χ4n) is 3.71. The Morgan fingerprint density at radius 1 is 0.732 bits per heavy atom.